The Morgan fingerprint density at radius 3 is 2.27 bits per heavy atom. The summed E-state index contributed by atoms with van der Waals surface area (Å²) >= 11 is 1.27. The fraction of sp³-hybridized carbons (Fsp3) is 0.217. The zero-order valence-electron chi connectivity index (χ0n) is 15.7. The van der Waals surface area contributed by atoms with Crippen LogP contribution in [0.2, 0.25) is 0 Å². The van der Waals surface area contributed by atoms with Crippen LogP contribution < -0.4 is 24.8 Å². The molecule has 0 unspecified atom stereocenters. The summed E-state index contributed by atoms with van der Waals surface area (Å²) in [6, 6.07) is 13.6. The Kier molecular flexibility index (Phi) is 8.79. The molecular formula is C23H23Cl2Hf-. The maximum atomic E-state index is 2.36. The van der Waals surface area contributed by atoms with Gasteiger partial charge in [0.2, 0.25) is 0 Å². The Balaban J connectivity index is 0.000000516. The van der Waals surface area contributed by atoms with Crippen LogP contribution in [0.1, 0.15) is 37.0 Å². The quantitative estimate of drug-likeness (QED) is 0.306. The molecule has 0 fully saturated rings. The van der Waals surface area contributed by atoms with E-state index in [-0.39, 0.29) is 24.8 Å². The third-order valence-electron chi connectivity index (χ3n) is 4.34. The van der Waals surface area contributed by atoms with E-state index in [0.29, 0.717) is 0 Å². The summed E-state index contributed by atoms with van der Waals surface area (Å²) in [5.41, 5.74) is 5.58. The number of benzene rings is 2. The molecule has 3 aromatic rings. The van der Waals surface area contributed by atoms with Gasteiger partial charge in [-0.1, -0.05) is 64.8 Å². The third-order valence-corrected chi connectivity index (χ3v) is 4.34. The first-order valence-corrected chi connectivity index (χ1v) is 10.2. The fourth-order valence-electron chi connectivity index (χ4n) is 3.37. The molecule has 3 aromatic carbocycles. The van der Waals surface area contributed by atoms with Gasteiger partial charge < -0.3 is 24.8 Å². The first-order chi connectivity index (χ1) is 11.5. The number of aryl methyl sites for hydroxylation is 2. The van der Waals surface area contributed by atoms with Gasteiger partial charge in [0.15, 0.2) is 0 Å². The molecule has 0 nitrogen and oxygen atoms in total. The average molecular weight is 549 g/mol. The minimum atomic E-state index is 0. The van der Waals surface area contributed by atoms with Gasteiger partial charge in [0.05, 0.1) is 0 Å². The molecular weight excluding hydrogens is 526 g/mol. The molecule has 0 saturated carbocycles. The Hall–Kier alpha value is -0.890. The Morgan fingerprint density at radius 1 is 1.00 bits per heavy atom. The zero-order valence-corrected chi connectivity index (χ0v) is 20.8. The SMILES string of the molecule is C[C](C)=[Hf+2].Cc1ccc2c(c1)[cH-]c1c(C3=CC=CC3)c(C)ccc12.[Cl-].[Cl-]. The second kappa shape index (κ2) is 9.88. The maximum Gasteiger partial charge on any atom is -0.0159 e. The van der Waals surface area contributed by atoms with Gasteiger partial charge in [0, 0.05) is 0 Å². The van der Waals surface area contributed by atoms with Crippen molar-refractivity contribution in [2.75, 3.05) is 0 Å². The summed E-state index contributed by atoms with van der Waals surface area (Å²) in [5, 5.41) is 5.52. The van der Waals surface area contributed by atoms with Gasteiger partial charge in [-0.3, -0.25) is 0 Å². The minimum absolute atomic E-state index is 0. The standard InChI is InChI=1S/C20H17.C3H6.2ClH.Hf/c1-13-7-9-17-16(11-13)12-19-18(17)10-8-14(2)20(19)15-5-3-4-6-15;1-3-2;;;/h3-5,7-12H,6H2,1-2H3;1-2H3;2*1H;/q-1;;;;+2/p-2. The molecule has 134 valence electrons. The second-order valence-corrected chi connectivity index (χ2v) is 10.4. The third kappa shape index (κ3) is 4.88. The van der Waals surface area contributed by atoms with Crippen molar-refractivity contribution in [1.82, 2.24) is 0 Å². The summed E-state index contributed by atoms with van der Waals surface area (Å²) in [6.45, 7) is 8.67. The van der Waals surface area contributed by atoms with Crippen molar-refractivity contribution in [3.8, 4) is 0 Å². The fourth-order valence-corrected chi connectivity index (χ4v) is 3.37. The normalized spacial score (nSPS) is 12.2. The number of hydrogen-bond donors (Lipinski definition) is 0. The van der Waals surface area contributed by atoms with Gasteiger partial charge in [-0.15, -0.1) is 33.7 Å². The first kappa shape index (κ1) is 23.1. The molecule has 0 aromatic heterocycles. The molecule has 26 heavy (non-hydrogen) atoms. The Morgan fingerprint density at radius 2 is 1.65 bits per heavy atom. The molecule has 1 aliphatic rings. The van der Waals surface area contributed by atoms with E-state index in [1.54, 1.807) is 3.26 Å². The van der Waals surface area contributed by atoms with Crippen molar-refractivity contribution in [2.24, 2.45) is 0 Å². The molecule has 0 amide bonds. The van der Waals surface area contributed by atoms with E-state index in [9.17, 15) is 0 Å². The number of hydrogen-bond acceptors (Lipinski definition) is 0. The van der Waals surface area contributed by atoms with Crippen LogP contribution in [0.15, 0.2) is 54.6 Å². The van der Waals surface area contributed by atoms with Crippen LogP contribution in [0.3, 0.4) is 0 Å². The molecule has 0 atom stereocenters. The maximum absolute atomic E-state index is 2.36. The van der Waals surface area contributed by atoms with Crippen LogP contribution in [0, 0.1) is 13.8 Å². The van der Waals surface area contributed by atoms with Crippen LogP contribution in [0.25, 0.3) is 27.1 Å². The molecule has 1 aliphatic carbocycles. The van der Waals surface area contributed by atoms with Crippen molar-refractivity contribution in [3.05, 3.63) is 71.3 Å². The van der Waals surface area contributed by atoms with Gasteiger partial charge in [-0.05, 0) is 20.3 Å². The monoisotopic (exact) mass is 549 g/mol. The predicted octanol–water partition coefficient (Wildman–Crippen LogP) is 0.425. The molecule has 4 rings (SSSR count). The van der Waals surface area contributed by atoms with Crippen molar-refractivity contribution >= 4 is 30.4 Å². The zero-order chi connectivity index (χ0) is 17.3. The Labute approximate surface area is 183 Å². The van der Waals surface area contributed by atoms with Gasteiger partial charge in [0.25, 0.3) is 0 Å². The largest absolute Gasteiger partial charge is 1.00 e. The average Bonchev–Trinajstić information content (AvgIpc) is 3.13. The molecule has 0 heterocycles. The minimum Gasteiger partial charge on any atom is -1.00 e. The van der Waals surface area contributed by atoms with E-state index in [2.05, 4.69) is 82.3 Å². The molecule has 0 saturated heterocycles. The number of fused-ring (bicyclic) bond motifs is 3. The van der Waals surface area contributed by atoms with Crippen LogP contribution in [-0.2, 0) is 23.9 Å². The van der Waals surface area contributed by atoms with Gasteiger partial charge in [-0.25, -0.2) is 0 Å². The number of allylic oxidation sites excluding steroid dienone is 4. The summed E-state index contributed by atoms with van der Waals surface area (Å²) in [6.07, 6.45) is 7.71. The summed E-state index contributed by atoms with van der Waals surface area (Å²) in [5.74, 6) is 0. The Bertz CT molecular complexity index is 986. The van der Waals surface area contributed by atoms with Crippen molar-refractivity contribution in [3.63, 3.8) is 0 Å². The predicted molar refractivity (Wildman–Crippen MR) is 105 cm³/mol. The van der Waals surface area contributed by atoms with E-state index in [4.69, 9.17) is 0 Å². The number of rotatable bonds is 1. The summed E-state index contributed by atoms with van der Waals surface area (Å²) in [7, 11) is 0. The van der Waals surface area contributed by atoms with Crippen LogP contribution >= 0.6 is 0 Å². The molecule has 0 aliphatic heterocycles. The van der Waals surface area contributed by atoms with Crippen LogP contribution in [-0.4, -0.2) is 3.26 Å². The topological polar surface area (TPSA) is 0 Å². The molecule has 0 radical (unpaired) electrons. The molecule has 0 spiro atoms. The van der Waals surface area contributed by atoms with Gasteiger partial charge in [-0.2, -0.15) is 0 Å². The summed E-state index contributed by atoms with van der Waals surface area (Å²) < 4.78 is 1.56. The van der Waals surface area contributed by atoms with Gasteiger partial charge in [0.1, 0.15) is 0 Å². The van der Waals surface area contributed by atoms with E-state index in [0.717, 1.165) is 6.42 Å². The van der Waals surface area contributed by atoms with Crippen molar-refractivity contribution in [1.29, 1.82) is 0 Å². The van der Waals surface area contributed by atoms with Crippen molar-refractivity contribution in [2.45, 2.75) is 34.1 Å². The van der Waals surface area contributed by atoms with E-state index in [1.165, 1.54) is 67.7 Å². The second-order valence-electron chi connectivity index (χ2n) is 6.78. The molecule has 3 heteroatoms. The van der Waals surface area contributed by atoms with Crippen LogP contribution in [0.4, 0.5) is 0 Å². The van der Waals surface area contributed by atoms with E-state index >= 15 is 0 Å². The van der Waals surface area contributed by atoms with Crippen molar-refractivity contribution < 1.29 is 48.7 Å². The van der Waals surface area contributed by atoms with Crippen LogP contribution in [0.5, 0.6) is 0 Å². The van der Waals surface area contributed by atoms with Gasteiger partial charge >= 0.3 is 41.0 Å². The number of halogens is 2. The van der Waals surface area contributed by atoms with E-state index in [1.807, 2.05) is 0 Å². The van der Waals surface area contributed by atoms with E-state index < -0.39 is 0 Å². The first-order valence-electron chi connectivity index (χ1n) is 8.44. The molecule has 0 N–H and O–H groups in total. The summed E-state index contributed by atoms with van der Waals surface area (Å²) in [4.78, 5) is 0. The smallest absolute Gasteiger partial charge is 0.0159 e. The molecule has 0 bridgehead atoms.